The zero-order valence-corrected chi connectivity index (χ0v) is 11.0. The summed E-state index contributed by atoms with van der Waals surface area (Å²) in [6.45, 7) is 0. The Morgan fingerprint density at radius 3 is 2.41 bits per heavy atom. The third kappa shape index (κ3) is 1.68. The number of nitro benzene ring substituents is 1. The predicted octanol–water partition coefficient (Wildman–Crippen LogP) is 2.54. The van der Waals surface area contributed by atoms with E-state index in [0.29, 0.717) is 0 Å². The van der Waals surface area contributed by atoms with Gasteiger partial charge < -0.3 is 0 Å². The Labute approximate surface area is 106 Å². The van der Waals surface area contributed by atoms with Crippen LogP contribution in [-0.4, -0.2) is 25.4 Å². The number of hydrogen-bond acceptors (Lipinski definition) is 3. The van der Waals surface area contributed by atoms with E-state index in [0.717, 1.165) is 14.5 Å². The Bertz CT molecular complexity index is 749. The maximum absolute atomic E-state index is 10.7. The molecule has 0 unspecified atom stereocenters. The van der Waals surface area contributed by atoms with Gasteiger partial charge in [0.15, 0.2) is 0 Å². The molecule has 0 bridgehead atoms. The van der Waals surface area contributed by atoms with Crippen molar-refractivity contribution in [2.45, 2.75) is 0 Å². The fourth-order valence-corrected chi connectivity index (χ4v) is 5.29. The van der Waals surface area contributed by atoms with Crippen molar-refractivity contribution in [2.24, 2.45) is 0 Å². The topological polar surface area (TPSA) is 69.2 Å². The summed E-state index contributed by atoms with van der Waals surface area (Å²) in [6, 6.07) is 11.0. The third-order valence-corrected chi connectivity index (χ3v) is 5.88. The summed E-state index contributed by atoms with van der Waals surface area (Å²) in [5.74, 6) is 0. The second kappa shape index (κ2) is 3.73. The molecule has 0 aliphatic carbocycles. The molecule has 84 valence electrons. The molecular weight excluding hydrogens is 332 g/mol. The number of fused-ring (bicyclic) bond motifs is 3. The summed E-state index contributed by atoms with van der Waals surface area (Å²) >= 11 is -0.534. The molecule has 0 amide bonds. The predicted molar refractivity (Wildman–Crippen MR) is 69.5 cm³/mol. The van der Waals surface area contributed by atoms with Gasteiger partial charge in [0.05, 0.1) is 0 Å². The van der Waals surface area contributed by atoms with Crippen molar-refractivity contribution in [1.82, 2.24) is 0 Å². The number of anilines is 1. The Hall–Kier alpha value is -1.57. The number of nitro groups is 1. The normalized spacial score (nSPS) is 11.1. The Morgan fingerprint density at radius 1 is 1.06 bits per heavy atom. The summed E-state index contributed by atoms with van der Waals surface area (Å²) < 4.78 is 2.40. The van der Waals surface area contributed by atoms with Crippen LogP contribution < -0.4 is 5.73 Å². The van der Waals surface area contributed by atoms with Crippen LogP contribution in [0, 0.1) is 10.1 Å². The van der Waals surface area contributed by atoms with Crippen molar-refractivity contribution in [3.05, 3.63) is 46.5 Å². The molecule has 0 atom stereocenters. The first-order valence-electron chi connectivity index (χ1n) is 5.01. The molecule has 2 N–H and O–H groups in total. The van der Waals surface area contributed by atoms with Gasteiger partial charge in [-0.1, -0.05) is 0 Å². The van der Waals surface area contributed by atoms with Crippen LogP contribution >= 0.6 is 0 Å². The summed E-state index contributed by atoms with van der Waals surface area (Å²) in [7, 11) is 0. The van der Waals surface area contributed by atoms with Crippen LogP contribution in [0.25, 0.3) is 17.6 Å². The van der Waals surface area contributed by atoms with E-state index in [1.54, 1.807) is 12.1 Å². The Balaban J connectivity index is 2.38. The maximum atomic E-state index is 10.7. The van der Waals surface area contributed by atoms with Crippen molar-refractivity contribution >= 4 is 49.4 Å². The molecule has 4 nitrogen and oxygen atoms in total. The first kappa shape index (κ1) is 10.6. The molecule has 0 saturated heterocycles. The minimum atomic E-state index is -0.534. The SMILES string of the molecule is Nc1ccc2c(c1)[te]c1cc([N+](=O)[O-])ccc12. The van der Waals surface area contributed by atoms with Crippen LogP contribution in [0.2, 0.25) is 0 Å². The zero-order valence-electron chi connectivity index (χ0n) is 8.71. The molecule has 3 rings (SSSR count). The standard InChI is InChI=1S/C12H8N2O2Te/c13-7-1-3-9-10-4-2-8(14(15)16)6-12(10)17-11(9)5-7/h1-6H,13H2. The summed E-state index contributed by atoms with van der Waals surface area (Å²) in [4.78, 5) is 10.4. The van der Waals surface area contributed by atoms with Gasteiger partial charge in [0.25, 0.3) is 0 Å². The van der Waals surface area contributed by atoms with Gasteiger partial charge in [0, 0.05) is 0 Å². The van der Waals surface area contributed by atoms with Crippen LogP contribution in [0.4, 0.5) is 11.4 Å². The minimum absolute atomic E-state index is 0.176. The Morgan fingerprint density at radius 2 is 1.71 bits per heavy atom. The van der Waals surface area contributed by atoms with E-state index in [-0.39, 0.29) is 10.6 Å². The number of rotatable bonds is 1. The molecule has 0 radical (unpaired) electrons. The van der Waals surface area contributed by atoms with Gasteiger partial charge in [0.2, 0.25) is 0 Å². The van der Waals surface area contributed by atoms with Crippen LogP contribution in [0.1, 0.15) is 0 Å². The third-order valence-electron chi connectivity index (χ3n) is 2.69. The number of hydrogen-bond donors (Lipinski definition) is 1. The van der Waals surface area contributed by atoms with E-state index >= 15 is 0 Å². The van der Waals surface area contributed by atoms with Gasteiger partial charge in [-0.2, -0.15) is 0 Å². The average molecular weight is 340 g/mol. The molecule has 3 aromatic rings. The summed E-state index contributed by atoms with van der Waals surface area (Å²) in [5, 5.41) is 13.0. The van der Waals surface area contributed by atoms with Crippen LogP contribution in [0.3, 0.4) is 0 Å². The molecule has 1 heterocycles. The molecule has 0 spiro atoms. The summed E-state index contributed by atoms with van der Waals surface area (Å²) in [5.41, 5.74) is 6.69. The van der Waals surface area contributed by atoms with Gasteiger partial charge >= 0.3 is 107 Å². The molecule has 0 fully saturated rings. The van der Waals surface area contributed by atoms with Crippen LogP contribution in [-0.2, 0) is 0 Å². The first-order valence-corrected chi connectivity index (χ1v) is 7.34. The quantitative estimate of drug-likeness (QED) is 0.320. The van der Waals surface area contributed by atoms with Crippen molar-refractivity contribution in [1.29, 1.82) is 0 Å². The van der Waals surface area contributed by atoms with Gasteiger partial charge in [-0.3, -0.25) is 0 Å². The van der Waals surface area contributed by atoms with E-state index < -0.39 is 20.4 Å². The molecule has 17 heavy (non-hydrogen) atoms. The van der Waals surface area contributed by atoms with Crippen molar-refractivity contribution in [3.63, 3.8) is 0 Å². The molecule has 0 aliphatic heterocycles. The number of nitrogens with zero attached hydrogens (tertiary/aromatic N) is 1. The molecule has 0 aliphatic rings. The van der Waals surface area contributed by atoms with E-state index in [2.05, 4.69) is 0 Å². The van der Waals surface area contributed by atoms with Crippen molar-refractivity contribution in [2.75, 3.05) is 5.73 Å². The van der Waals surface area contributed by atoms with E-state index in [4.69, 9.17) is 5.73 Å². The number of benzene rings is 2. The fraction of sp³-hybridized carbons (Fsp3) is 0. The van der Waals surface area contributed by atoms with E-state index in [1.807, 2.05) is 24.3 Å². The molecule has 1 aromatic heterocycles. The second-order valence-corrected chi connectivity index (χ2v) is 6.89. The second-order valence-electron chi connectivity index (χ2n) is 3.80. The molecule has 0 saturated carbocycles. The van der Waals surface area contributed by atoms with E-state index in [1.165, 1.54) is 8.79 Å². The molecular formula is C12H8N2O2Te. The Kier molecular flexibility index (Phi) is 2.32. The van der Waals surface area contributed by atoms with Crippen LogP contribution in [0.15, 0.2) is 36.4 Å². The number of non-ortho nitro benzene ring substituents is 1. The number of nitrogen functional groups attached to an aromatic ring is 1. The van der Waals surface area contributed by atoms with Crippen molar-refractivity contribution in [3.8, 4) is 0 Å². The van der Waals surface area contributed by atoms with E-state index in [9.17, 15) is 10.1 Å². The summed E-state index contributed by atoms with van der Waals surface area (Å²) in [6.07, 6.45) is 0. The monoisotopic (exact) mass is 342 g/mol. The first-order chi connectivity index (χ1) is 8.15. The van der Waals surface area contributed by atoms with Crippen LogP contribution in [0.5, 0.6) is 0 Å². The van der Waals surface area contributed by atoms with Crippen molar-refractivity contribution < 1.29 is 4.92 Å². The van der Waals surface area contributed by atoms with Gasteiger partial charge in [-0.15, -0.1) is 0 Å². The number of nitrogens with two attached hydrogens (primary N) is 1. The molecule has 2 aromatic carbocycles. The molecule has 5 heteroatoms. The van der Waals surface area contributed by atoms with Gasteiger partial charge in [-0.25, -0.2) is 0 Å². The fourth-order valence-electron chi connectivity index (χ4n) is 1.90. The zero-order chi connectivity index (χ0) is 12.0. The van der Waals surface area contributed by atoms with Gasteiger partial charge in [0.1, 0.15) is 0 Å². The average Bonchev–Trinajstić information content (AvgIpc) is 2.64. The van der Waals surface area contributed by atoms with Gasteiger partial charge in [-0.05, 0) is 0 Å².